The average Bonchev–Trinajstić information content (AvgIpc) is 3.02. The fourth-order valence-electron chi connectivity index (χ4n) is 1.18. The summed E-state index contributed by atoms with van der Waals surface area (Å²) in [6, 6.07) is 9.65. The standard InChI is InChI=1S/C11H10N3O/c12-7-8-2-1-3-10(6-8)14-11(15)13-9-4-5-9/h1-3,6H,4-5H2,(H2,13,14,15). The summed E-state index contributed by atoms with van der Waals surface area (Å²) in [6.45, 7) is 0. The Hall–Kier alpha value is -2.02. The van der Waals surface area contributed by atoms with Crippen LogP contribution in [-0.4, -0.2) is 6.03 Å². The number of benzene rings is 1. The number of hydrogen-bond donors (Lipinski definition) is 2. The van der Waals surface area contributed by atoms with E-state index >= 15 is 0 Å². The number of amides is 2. The topological polar surface area (TPSA) is 64.9 Å². The van der Waals surface area contributed by atoms with E-state index in [0.717, 1.165) is 18.9 Å². The lowest BCUT2D eigenvalue weighted by Gasteiger charge is -2.05. The van der Waals surface area contributed by atoms with E-state index in [-0.39, 0.29) is 6.03 Å². The van der Waals surface area contributed by atoms with Gasteiger partial charge in [0.05, 0.1) is 17.7 Å². The van der Waals surface area contributed by atoms with E-state index in [9.17, 15) is 4.79 Å². The third kappa shape index (κ3) is 2.71. The maximum Gasteiger partial charge on any atom is 0.319 e. The summed E-state index contributed by atoms with van der Waals surface area (Å²) in [7, 11) is 0. The van der Waals surface area contributed by atoms with Gasteiger partial charge in [0.15, 0.2) is 0 Å². The number of nitriles is 1. The summed E-state index contributed by atoms with van der Waals surface area (Å²) in [5.41, 5.74) is 1.17. The van der Waals surface area contributed by atoms with Gasteiger partial charge in [-0.3, -0.25) is 0 Å². The number of carbonyl (C=O) groups excluding carboxylic acids is 1. The molecular weight excluding hydrogens is 190 g/mol. The number of urea groups is 1. The van der Waals surface area contributed by atoms with E-state index in [4.69, 9.17) is 5.26 Å². The molecule has 0 atom stereocenters. The lowest BCUT2D eigenvalue weighted by atomic mass is 10.2. The van der Waals surface area contributed by atoms with Crippen LogP contribution in [0.3, 0.4) is 0 Å². The van der Waals surface area contributed by atoms with E-state index in [2.05, 4.69) is 10.6 Å². The first-order valence-corrected chi connectivity index (χ1v) is 4.71. The van der Waals surface area contributed by atoms with Crippen molar-refractivity contribution in [2.45, 2.75) is 12.8 Å². The predicted molar refractivity (Wildman–Crippen MR) is 55.8 cm³/mol. The first kappa shape index (κ1) is 9.53. The molecule has 4 heteroatoms. The van der Waals surface area contributed by atoms with Crippen molar-refractivity contribution in [3.63, 3.8) is 0 Å². The molecule has 1 aromatic carbocycles. The number of carbonyl (C=O) groups is 1. The van der Waals surface area contributed by atoms with Crippen LogP contribution in [-0.2, 0) is 0 Å². The van der Waals surface area contributed by atoms with Gasteiger partial charge in [0.2, 0.25) is 0 Å². The lowest BCUT2D eigenvalue weighted by molar-refractivity contribution is 0.253. The van der Waals surface area contributed by atoms with Gasteiger partial charge in [-0.2, -0.15) is 5.26 Å². The largest absolute Gasteiger partial charge is 0.330 e. The summed E-state index contributed by atoms with van der Waals surface area (Å²) >= 11 is 0. The van der Waals surface area contributed by atoms with Gasteiger partial charge in [0.25, 0.3) is 0 Å². The minimum absolute atomic E-state index is 0.238. The molecule has 1 fully saturated rings. The molecule has 0 aromatic heterocycles. The second-order valence-corrected chi connectivity index (χ2v) is 3.38. The molecule has 2 amide bonds. The molecule has 15 heavy (non-hydrogen) atoms. The van der Waals surface area contributed by atoms with Crippen molar-refractivity contribution in [1.82, 2.24) is 5.32 Å². The Kier molecular flexibility index (Phi) is 2.55. The van der Waals surface area contributed by atoms with Gasteiger partial charge in [0, 0.05) is 5.69 Å². The molecular formula is C11H10N3O. The first-order chi connectivity index (χ1) is 7.28. The van der Waals surface area contributed by atoms with E-state index in [1.54, 1.807) is 24.3 Å². The zero-order valence-electron chi connectivity index (χ0n) is 8.08. The molecule has 1 aromatic rings. The van der Waals surface area contributed by atoms with Gasteiger partial charge in [-0.05, 0) is 31.0 Å². The Morgan fingerprint density at radius 1 is 1.33 bits per heavy atom. The van der Waals surface area contributed by atoms with Crippen molar-refractivity contribution in [2.75, 3.05) is 5.32 Å². The normalized spacial score (nSPS) is 14.1. The van der Waals surface area contributed by atoms with Crippen LogP contribution >= 0.6 is 0 Å². The predicted octanol–water partition coefficient (Wildman–Crippen LogP) is 2.01. The van der Waals surface area contributed by atoms with E-state index < -0.39 is 0 Å². The zero-order valence-corrected chi connectivity index (χ0v) is 8.08. The van der Waals surface area contributed by atoms with Crippen LogP contribution < -0.4 is 10.6 Å². The second kappa shape index (κ2) is 4.01. The maximum atomic E-state index is 11.3. The van der Waals surface area contributed by atoms with Gasteiger partial charge in [-0.1, -0.05) is 6.07 Å². The van der Waals surface area contributed by atoms with Gasteiger partial charge < -0.3 is 10.6 Å². The van der Waals surface area contributed by atoms with Gasteiger partial charge in [-0.25, -0.2) is 4.79 Å². The minimum Gasteiger partial charge on any atom is -0.330 e. The van der Waals surface area contributed by atoms with E-state index in [0.29, 0.717) is 11.3 Å². The molecule has 4 nitrogen and oxygen atoms in total. The number of anilines is 1. The summed E-state index contributed by atoms with van der Waals surface area (Å²) in [4.78, 5) is 11.3. The van der Waals surface area contributed by atoms with Gasteiger partial charge in [0.1, 0.15) is 0 Å². The molecule has 2 rings (SSSR count). The zero-order chi connectivity index (χ0) is 10.7. The highest BCUT2D eigenvalue weighted by atomic mass is 16.2. The highest BCUT2D eigenvalue weighted by molar-refractivity contribution is 5.90. The van der Waals surface area contributed by atoms with E-state index in [1.165, 1.54) is 0 Å². The molecule has 0 aliphatic heterocycles. The molecule has 1 saturated carbocycles. The first-order valence-electron chi connectivity index (χ1n) is 4.71. The fourth-order valence-corrected chi connectivity index (χ4v) is 1.18. The van der Waals surface area contributed by atoms with E-state index in [1.807, 2.05) is 6.07 Å². The molecule has 0 heterocycles. The van der Waals surface area contributed by atoms with Crippen LogP contribution in [0.5, 0.6) is 0 Å². The third-order valence-electron chi connectivity index (χ3n) is 2.04. The minimum atomic E-state index is -0.238. The maximum absolute atomic E-state index is 11.3. The molecule has 0 saturated heterocycles. The molecule has 2 N–H and O–H groups in total. The summed E-state index contributed by atoms with van der Waals surface area (Å²) in [6.07, 6.45) is 1.96. The summed E-state index contributed by atoms with van der Waals surface area (Å²) in [5.74, 6) is 0. The second-order valence-electron chi connectivity index (χ2n) is 3.38. The quantitative estimate of drug-likeness (QED) is 0.766. The molecule has 0 unspecified atom stereocenters. The summed E-state index contributed by atoms with van der Waals surface area (Å²) < 4.78 is 0. The SMILES string of the molecule is N#Cc1cccc(NC(=O)N[C]2CC2)c1. The lowest BCUT2D eigenvalue weighted by Crippen LogP contribution is -2.26. The summed E-state index contributed by atoms with van der Waals surface area (Å²) in [5, 5.41) is 14.1. The number of hydrogen-bond acceptors (Lipinski definition) is 2. The van der Waals surface area contributed by atoms with Crippen LogP contribution in [0.4, 0.5) is 10.5 Å². The Morgan fingerprint density at radius 2 is 2.13 bits per heavy atom. The van der Waals surface area contributed by atoms with Crippen molar-refractivity contribution < 1.29 is 4.79 Å². The Bertz CT molecular complexity index is 418. The van der Waals surface area contributed by atoms with Gasteiger partial charge >= 0.3 is 6.03 Å². The van der Waals surface area contributed by atoms with Gasteiger partial charge in [-0.15, -0.1) is 0 Å². The Balaban J connectivity index is 1.97. The highest BCUT2D eigenvalue weighted by Gasteiger charge is 2.24. The number of nitrogens with zero attached hydrogens (tertiary/aromatic N) is 1. The fraction of sp³-hybridized carbons (Fsp3) is 0.182. The molecule has 1 aliphatic rings. The molecule has 0 bridgehead atoms. The Labute approximate surface area is 87.9 Å². The molecule has 1 radical (unpaired) electrons. The Morgan fingerprint density at radius 3 is 2.80 bits per heavy atom. The molecule has 75 valence electrons. The van der Waals surface area contributed by atoms with Crippen LogP contribution in [0.2, 0.25) is 0 Å². The molecule has 1 aliphatic carbocycles. The number of rotatable bonds is 2. The third-order valence-corrected chi connectivity index (χ3v) is 2.04. The van der Waals surface area contributed by atoms with Crippen molar-refractivity contribution >= 4 is 11.7 Å². The number of nitrogens with one attached hydrogen (secondary N) is 2. The highest BCUT2D eigenvalue weighted by Crippen LogP contribution is 2.28. The van der Waals surface area contributed by atoms with Crippen molar-refractivity contribution in [3.8, 4) is 6.07 Å². The van der Waals surface area contributed by atoms with Crippen LogP contribution in [0.1, 0.15) is 18.4 Å². The van der Waals surface area contributed by atoms with Crippen LogP contribution in [0.15, 0.2) is 24.3 Å². The molecule has 0 spiro atoms. The van der Waals surface area contributed by atoms with Crippen molar-refractivity contribution in [1.29, 1.82) is 5.26 Å². The average molecular weight is 200 g/mol. The van der Waals surface area contributed by atoms with Crippen LogP contribution in [0, 0.1) is 17.4 Å². The smallest absolute Gasteiger partial charge is 0.319 e. The monoisotopic (exact) mass is 200 g/mol. The van der Waals surface area contributed by atoms with Crippen molar-refractivity contribution in [3.05, 3.63) is 35.9 Å². The van der Waals surface area contributed by atoms with Crippen LogP contribution in [0.25, 0.3) is 0 Å². The van der Waals surface area contributed by atoms with Crippen molar-refractivity contribution in [2.24, 2.45) is 0 Å².